The molecule has 1 aromatic rings. The number of halogens is 1. The number of carbonyl (C=O) groups is 1. The van der Waals surface area contributed by atoms with E-state index in [0.717, 1.165) is 0 Å². The molecule has 0 aromatic carbocycles. The van der Waals surface area contributed by atoms with Crippen molar-refractivity contribution in [1.29, 1.82) is 0 Å². The summed E-state index contributed by atoms with van der Waals surface area (Å²) in [5.41, 5.74) is 0.417. The molecular weight excluding hydrogens is 173 g/mol. The monoisotopic (exact) mass is 181 g/mol. The van der Waals surface area contributed by atoms with E-state index in [1.807, 2.05) is 0 Å². The van der Waals surface area contributed by atoms with E-state index in [2.05, 4.69) is 15.6 Å². The van der Waals surface area contributed by atoms with Gasteiger partial charge in [0, 0.05) is 18.3 Å². The summed E-state index contributed by atoms with van der Waals surface area (Å²) in [6, 6.07) is 2.68. The predicted molar refractivity (Wildman–Crippen MR) is 43.5 cm³/mol. The van der Waals surface area contributed by atoms with Crippen molar-refractivity contribution in [2.24, 2.45) is 0 Å². The molecule has 4 nitrogen and oxygen atoms in total. The summed E-state index contributed by atoms with van der Waals surface area (Å²) < 4.78 is 13.1. The number of rotatable bonds is 1. The molecule has 2 N–H and O–H groups in total. The van der Waals surface area contributed by atoms with Crippen molar-refractivity contribution < 1.29 is 9.18 Å². The molecule has 0 unspecified atom stereocenters. The zero-order chi connectivity index (χ0) is 9.26. The summed E-state index contributed by atoms with van der Waals surface area (Å²) in [5, 5.41) is 5.13. The molecule has 2 rings (SSSR count). The highest BCUT2D eigenvalue weighted by Gasteiger charge is 2.24. The van der Waals surface area contributed by atoms with Gasteiger partial charge in [0.2, 0.25) is 5.95 Å². The van der Waals surface area contributed by atoms with Gasteiger partial charge in [0.1, 0.15) is 0 Å². The third-order valence-electron chi connectivity index (χ3n) is 1.94. The number of amides is 2. The summed E-state index contributed by atoms with van der Waals surface area (Å²) in [7, 11) is 0. The van der Waals surface area contributed by atoms with E-state index in [0.29, 0.717) is 12.1 Å². The van der Waals surface area contributed by atoms with Crippen LogP contribution in [0.4, 0.5) is 9.18 Å². The number of aromatic nitrogens is 1. The summed E-state index contributed by atoms with van der Waals surface area (Å²) in [4.78, 5) is 14.3. The van der Waals surface area contributed by atoms with Crippen LogP contribution in [-0.2, 0) is 0 Å². The molecule has 2 amide bonds. The molecule has 0 aliphatic carbocycles. The van der Waals surface area contributed by atoms with E-state index >= 15 is 0 Å². The smallest absolute Gasteiger partial charge is 0.315 e. The Morgan fingerprint density at radius 3 is 3.08 bits per heavy atom. The highest BCUT2D eigenvalue weighted by atomic mass is 19.1. The standard InChI is InChI=1S/C8H8FN3O/c9-7-5(2-1-3-10-7)6-4-11-8(13)12-6/h1-3,6H,4H2,(H2,11,12,13)/t6-/m0/s1. The second kappa shape index (κ2) is 3.01. The van der Waals surface area contributed by atoms with Crippen LogP contribution in [0.15, 0.2) is 18.3 Å². The average molecular weight is 181 g/mol. The molecule has 68 valence electrons. The quantitative estimate of drug-likeness (QED) is 0.622. The van der Waals surface area contributed by atoms with Crippen molar-refractivity contribution in [3.05, 3.63) is 29.8 Å². The molecule has 1 aromatic heterocycles. The third kappa shape index (κ3) is 1.44. The van der Waals surface area contributed by atoms with E-state index in [-0.39, 0.29) is 12.1 Å². The molecule has 0 radical (unpaired) electrons. The fourth-order valence-electron chi connectivity index (χ4n) is 1.30. The first-order valence-electron chi connectivity index (χ1n) is 3.92. The van der Waals surface area contributed by atoms with Gasteiger partial charge in [0.05, 0.1) is 6.04 Å². The Bertz CT molecular complexity index is 342. The van der Waals surface area contributed by atoms with Crippen LogP contribution in [0.3, 0.4) is 0 Å². The first-order valence-corrected chi connectivity index (χ1v) is 3.92. The maximum atomic E-state index is 13.1. The van der Waals surface area contributed by atoms with E-state index in [9.17, 15) is 9.18 Å². The topological polar surface area (TPSA) is 54.0 Å². The van der Waals surface area contributed by atoms with Crippen LogP contribution < -0.4 is 10.6 Å². The molecule has 0 bridgehead atoms. The highest BCUT2D eigenvalue weighted by Crippen LogP contribution is 2.16. The van der Waals surface area contributed by atoms with E-state index in [4.69, 9.17) is 0 Å². The molecule has 1 aliphatic heterocycles. The largest absolute Gasteiger partial charge is 0.336 e. The first kappa shape index (κ1) is 7.97. The zero-order valence-electron chi connectivity index (χ0n) is 6.75. The van der Waals surface area contributed by atoms with Gasteiger partial charge < -0.3 is 10.6 Å². The number of hydrogen-bond acceptors (Lipinski definition) is 2. The molecule has 5 heteroatoms. The first-order chi connectivity index (χ1) is 6.27. The van der Waals surface area contributed by atoms with Crippen LogP contribution in [-0.4, -0.2) is 17.6 Å². The second-order valence-electron chi connectivity index (χ2n) is 2.79. The van der Waals surface area contributed by atoms with Crippen LogP contribution in [0, 0.1) is 5.95 Å². The lowest BCUT2D eigenvalue weighted by atomic mass is 10.1. The van der Waals surface area contributed by atoms with Crippen LogP contribution in [0.5, 0.6) is 0 Å². The van der Waals surface area contributed by atoms with Crippen LogP contribution >= 0.6 is 0 Å². The third-order valence-corrected chi connectivity index (χ3v) is 1.94. The summed E-state index contributed by atoms with van der Waals surface area (Å²) in [6.07, 6.45) is 1.38. The van der Waals surface area contributed by atoms with Crippen molar-refractivity contribution >= 4 is 6.03 Å². The van der Waals surface area contributed by atoms with E-state index < -0.39 is 5.95 Å². The lowest BCUT2D eigenvalue weighted by Crippen LogP contribution is -2.22. The Morgan fingerprint density at radius 1 is 1.62 bits per heavy atom. The van der Waals surface area contributed by atoms with Gasteiger partial charge in [0.15, 0.2) is 0 Å². The fraction of sp³-hybridized carbons (Fsp3) is 0.250. The zero-order valence-corrected chi connectivity index (χ0v) is 6.75. The van der Waals surface area contributed by atoms with E-state index in [1.165, 1.54) is 6.20 Å². The Hall–Kier alpha value is -1.65. The van der Waals surface area contributed by atoms with E-state index in [1.54, 1.807) is 12.1 Å². The summed E-state index contributed by atoms with van der Waals surface area (Å²) >= 11 is 0. The van der Waals surface area contributed by atoms with Gasteiger partial charge in [-0.3, -0.25) is 0 Å². The van der Waals surface area contributed by atoms with Gasteiger partial charge in [-0.05, 0) is 6.07 Å². The van der Waals surface area contributed by atoms with Gasteiger partial charge >= 0.3 is 6.03 Å². The number of nitrogens with one attached hydrogen (secondary N) is 2. The molecule has 1 saturated heterocycles. The van der Waals surface area contributed by atoms with Crippen molar-refractivity contribution in [3.8, 4) is 0 Å². The second-order valence-corrected chi connectivity index (χ2v) is 2.79. The Kier molecular flexibility index (Phi) is 1.84. The number of hydrogen-bond donors (Lipinski definition) is 2. The Labute approximate surface area is 74.2 Å². The maximum Gasteiger partial charge on any atom is 0.315 e. The molecular formula is C8H8FN3O. The van der Waals surface area contributed by atoms with Gasteiger partial charge in [0.25, 0.3) is 0 Å². The number of urea groups is 1. The van der Waals surface area contributed by atoms with Gasteiger partial charge in [-0.2, -0.15) is 4.39 Å². The van der Waals surface area contributed by atoms with Gasteiger partial charge in [-0.1, -0.05) is 6.07 Å². The molecule has 13 heavy (non-hydrogen) atoms. The number of carbonyl (C=O) groups excluding carboxylic acids is 1. The number of nitrogens with zero attached hydrogens (tertiary/aromatic N) is 1. The van der Waals surface area contributed by atoms with Crippen molar-refractivity contribution in [2.75, 3.05) is 6.54 Å². The fourth-order valence-corrected chi connectivity index (χ4v) is 1.30. The lowest BCUT2D eigenvalue weighted by molar-refractivity contribution is 0.247. The predicted octanol–water partition coefficient (Wildman–Crippen LogP) is 0.575. The minimum atomic E-state index is -0.531. The Balaban J connectivity index is 2.26. The van der Waals surface area contributed by atoms with Gasteiger partial charge in [-0.25, -0.2) is 9.78 Å². The molecule has 2 heterocycles. The molecule has 0 saturated carbocycles. The van der Waals surface area contributed by atoms with Crippen LogP contribution in [0.2, 0.25) is 0 Å². The molecule has 1 fully saturated rings. The highest BCUT2D eigenvalue weighted by molar-refractivity contribution is 5.76. The minimum absolute atomic E-state index is 0.270. The molecule has 1 atom stereocenters. The van der Waals surface area contributed by atoms with Crippen molar-refractivity contribution in [2.45, 2.75) is 6.04 Å². The lowest BCUT2D eigenvalue weighted by Gasteiger charge is -2.08. The normalized spacial score (nSPS) is 21.0. The maximum absolute atomic E-state index is 13.1. The van der Waals surface area contributed by atoms with Crippen molar-refractivity contribution in [1.82, 2.24) is 15.6 Å². The minimum Gasteiger partial charge on any atom is -0.336 e. The van der Waals surface area contributed by atoms with Crippen molar-refractivity contribution in [3.63, 3.8) is 0 Å². The van der Waals surface area contributed by atoms with Crippen LogP contribution in [0.1, 0.15) is 11.6 Å². The Morgan fingerprint density at radius 2 is 2.46 bits per heavy atom. The summed E-state index contributed by atoms with van der Waals surface area (Å²) in [5.74, 6) is -0.531. The molecule has 0 spiro atoms. The summed E-state index contributed by atoms with van der Waals surface area (Å²) in [6.45, 7) is 0.404. The average Bonchev–Trinajstić information content (AvgIpc) is 2.53. The van der Waals surface area contributed by atoms with Crippen LogP contribution in [0.25, 0.3) is 0 Å². The molecule has 1 aliphatic rings. The van der Waals surface area contributed by atoms with Gasteiger partial charge in [-0.15, -0.1) is 0 Å². The number of pyridine rings is 1. The SMILES string of the molecule is O=C1NC[C@@H](c2cccnc2F)N1.